The van der Waals surface area contributed by atoms with Gasteiger partial charge in [-0.3, -0.25) is 0 Å². The standard InChI is InChI=1S/2C26H26N2P4S2.5C2H4Cl2.4CHF3O3S.4Ag/c2*1-27-29(23-15-7-3-8-16-23)33-31(25-19-11-5-12-20-25)28(2)32(26-21-13-6-14-22-26)34-30(27)24-17-9-4-10-18-24;5*3-1-2-4;4*2-1(3,4)8(5,6)7;;;;/h2*3-22H,1-2H3;5*1-2H2;4*(H,5,6,7);;;;/q;;;;;;;;;;;4*+1/p+4. The van der Waals surface area contributed by atoms with Crippen molar-refractivity contribution in [1.82, 2.24) is 17.8 Å². The molecule has 2 fully saturated rings. The Kier molecular flexibility index (Phi) is 79.2. The van der Waals surface area contributed by atoms with Crippen molar-refractivity contribution in [2.75, 3.05) is 87.0 Å². The van der Waals surface area contributed by atoms with Crippen molar-refractivity contribution in [3.05, 3.63) is 243 Å². The number of hydrogen-bond donors (Lipinski definition) is 0. The molecule has 8 aromatic rings. The maximum absolute atomic E-state index is 10.7. The Labute approximate surface area is 853 Å². The topological polar surface area (TPSA) is 242 Å². The maximum atomic E-state index is 10.7. The molecule has 2 saturated heterocycles. The zero-order chi connectivity index (χ0) is 91.7. The Morgan fingerprint density at radius 3 is 0.355 bits per heavy atom. The van der Waals surface area contributed by atoms with E-state index in [0.29, 0.717) is 58.8 Å². The normalized spacial score (nSPS) is 18.1. The molecule has 10 rings (SSSR count). The smallest absolute Gasteiger partial charge is 0.741 e. The first kappa shape index (κ1) is 136. The van der Waals surface area contributed by atoms with Crippen LogP contribution in [0.25, 0.3) is 0 Å². The molecule has 124 heavy (non-hydrogen) atoms. The fourth-order valence-electron chi connectivity index (χ4n) is 7.95. The van der Waals surface area contributed by atoms with E-state index in [0.717, 1.165) is 0 Å². The predicted molar refractivity (Wildman–Crippen MR) is 507 cm³/mol. The van der Waals surface area contributed by atoms with Crippen LogP contribution >= 0.6 is 218 Å². The van der Waals surface area contributed by atoms with Crippen molar-refractivity contribution in [1.29, 1.82) is 0 Å². The van der Waals surface area contributed by atoms with E-state index in [4.69, 9.17) is 168 Å². The van der Waals surface area contributed by atoms with Crippen LogP contribution < -0.4 is 42.4 Å². The minimum atomic E-state index is -6.09. The first-order valence-electron chi connectivity index (χ1n) is 32.8. The zero-order valence-corrected chi connectivity index (χ0v) is 91.7. The van der Waals surface area contributed by atoms with Gasteiger partial charge in [0.05, 0.1) is 28.2 Å². The summed E-state index contributed by atoms with van der Waals surface area (Å²) in [7, 11) is -22.7. The summed E-state index contributed by atoms with van der Waals surface area (Å²) >= 11 is 59.7. The van der Waals surface area contributed by atoms with Gasteiger partial charge in [0, 0.05) is 58.8 Å². The first-order chi connectivity index (χ1) is 56.0. The molecule has 0 radical (unpaired) electrons. The summed E-state index contributed by atoms with van der Waals surface area (Å²) in [5.74, 6) is 5.57. The van der Waals surface area contributed by atoms with E-state index >= 15 is 0 Å². The summed E-state index contributed by atoms with van der Waals surface area (Å²) in [6.45, 7) is 0. The van der Waals surface area contributed by atoms with E-state index in [1.54, 1.807) is 0 Å². The van der Waals surface area contributed by atoms with Crippen molar-refractivity contribution >= 4 is 301 Å². The monoisotopic (exact) mass is 2630 g/mol. The van der Waals surface area contributed by atoms with Crippen LogP contribution in [0.3, 0.4) is 0 Å². The summed E-state index contributed by atoms with van der Waals surface area (Å²) in [5.41, 5.74) is -22.6. The van der Waals surface area contributed by atoms with Crippen molar-refractivity contribution in [3.8, 4) is 0 Å². The van der Waals surface area contributed by atoms with Gasteiger partial charge >= 0.3 is 112 Å². The average molecular weight is 2640 g/mol. The molecule has 8 aromatic carbocycles. The molecule has 0 N–H and O–H groups in total. The number of benzene rings is 8. The van der Waals surface area contributed by atoms with E-state index in [2.05, 4.69) is 333 Å². The van der Waals surface area contributed by atoms with Crippen LogP contribution in [0.4, 0.5) is 52.7 Å². The molecule has 8 atom stereocenters. The molecular weight excluding hydrogens is 2560 g/mol. The summed E-state index contributed by atoms with van der Waals surface area (Å²) < 4.78 is 247. The van der Waals surface area contributed by atoms with Gasteiger partial charge in [0.25, 0.3) is 0 Å². The van der Waals surface area contributed by atoms with Gasteiger partial charge in [-0.25, -0.2) is 33.7 Å². The Morgan fingerprint density at radius 1 is 0.226 bits per heavy atom. The summed E-state index contributed by atoms with van der Waals surface area (Å²) in [5, 5.41) is 12.0. The van der Waals surface area contributed by atoms with Gasteiger partial charge in [-0.2, -0.15) is 52.7 Å². The quantitative estimate of drug-likeness (QED) is 0.0260. The molecule has 0 bridgehead atoms. The van der Waals surface area contributed by atoms with Gasteiger partial charge in [0.15, 0.2) is 40.5 Å². The molecular formula is C66H80Ag4Cl10F12N4O12P8S8+8. The molecule has 714 valence electrons. The first-order valence-corrected chi connectivity index (χ1v) is 64.4. The second-order valence-electron chi connectivity index (χ2n) is 21.5. The molecule has 2 aliphatic rings. The summed E-state index contributed by atoms with van der Waals surface area (Å²) in [6, 6.07) is 90.1. The van der Waals surface area contributed by atoms with Gasteiger partial charge in [0.1, 0.15) is 42.4 Å². The minimum absolute atomic E-state index is 0. The van der Waals surface area contributed by atoms with Gasteiger partial charge in [-0.05, 0) is 115 Å². The van der Waals surface area contributed by atoms with Gasteiger partial charge in [-0.15, -0.1) is 116 Å². The van der Waals surface area contributed by atoms with E-state index in [1.165, 1.54) is 42.4 Å². The van der Waals surface area contributed by atoms with Crippen LogP contribution in [0, 0.1) is 0 Å². The second kappa shape index (κ2) is 72.4. The van der Waals surface area contributed by atoms with Crippen LogP contribution in [0.5, 0.6) is 0 Å². The fraction of sp³-hybridized carbons (Fsp3) is 0.273. The van der Waals surface area contributed by atoms with E-state index < -0.39 is 121 Å². The Morgan fingerprint density at radius 2 is 0.298 bits per heavy atom. The zero-order valence-electron chi connectivity index (χ0n) is 63.6. The average Bonchev–Trinajstić information content (AvgIpc) is 0.780. The second-order valence-corrected chi connectivity index (χ2v) is 67.3. The third kappa shape index (κ3) is 54.5. The SMILES string of the molecule is CN1[PH+](c2ccccc2)S[PH+](c2ccccc2)N(C)[PH+](c2ccccc2)S[PH+]1c1ccccc1.CN1[PH+](c2ccccc2)S[PH+](c2ccccc2)N(C)[PH+](c2ccccc2)S[PH+]1c1ccccc1.ClCCCl.ClCCCl.ClCCCl.ClCCCl.ClCCCl.O=S(=O)([O-])C(F)(F)F.O=S(=O)([O-])C(F)(F)F.O=S(=O)([O-])C(F)(F)F.O=S(=O)([O-])C(F)(F)F.[Ag+].[Ag+].[Ag+].[Ag+]. The van der Waals surface area contributed by atoms with E-state index in [1.807, 2.05) is 0 Å². The van der Waals surface area contributed by atoms with Crippen LogP contribution in [0.15, 0.2) is 243 Å². The van der Waals surface area contributed by atoms with Crippen molar-refractivity contribution < 1.29 is 194 Å². The largest absolute Gasteiger partial charge is 1.00 e. The Hall–Kier alpha value is 3.10. The summed E-state index contributed by atoms with van der Waals surface area (Å²) in [4.78, 5) is 0. The van der Waals surface area contributed by atoms with Crippen molar-refractivity contribution in [2.24, 2.45) is 0 Å². The predicted octanol–water partition coefficient (Wildman–Crippen LogP) is 21.1. The van der Waals surface area contributed by atoms with Crippen LogP contribution in [-0.2, 0) is 130 Å². The molecule has 0 amide bonds. The molecule has 58 heteroatoms. The number of nitrogens with zero attached hydrogens (tertiary/aromatic N) is 4. The molecule has 0 saturated carbocycles. The van der Waals surface area contributed by atoms with E-state index in [-0.39, 0.29) is 89.5 Å². The number of halogens is 22. The van der Waals surface area contributed by atoms with Gasteiger partial charge < -0.3 is 18.2 Å². The number of hydrogen-bond acceptors (Lipinski definition) is 20. The summed E-state index contributed by atoms with van der Waals surface area (Å²) in [6.07, 6.45) is 0. The van der Waals surface area contributed by atoms with Crippen molar-refractivity contribution in [2.45, 2.75) is 22.0 Å². The Balaban J connectivity index is -0.000000480. The third-order valence-electron chi connectivity index (χ3n) is 12.9. The minimum Gasteiger partial charge on any atom is -0.741 e. The van der Waals surface area contributed by atoms with Crippen LogP contribution in [0.2, 0.25) is 0 Å². The molecule has 2 heterocycles. The Bertz CT molecular complexity index is 3780. The molecule has 16 nitrogen and oxygen atoms in total. The third-order valence-corrected chi connectivity index (χ3v) is 71.1. The van der Waals surface area contributed by atoms with Crippen LogP contribution in [0.1, 0.15) is 0 Å². The fourth-order valence-corrected chi connectivity index (χ4v) is 78.7. The molecule has 0 spiro atoms. The van der Waals surface area contributed by atoms with Gasteiger partial charge in [0.2, 0.25) is 102 Å². The maximum Gasteiger partial charge on any atom is 1.00 e. The van der Waals surface area contributed by atoms with Crippen LogP contribution in [-0.4, -0.2) is 179 Å². The number of rotatable bonds is 13. The number of alkyl halides is 22. The molecule has 8 unspecified atom stereocenters. The van der Waals surface area contributed by atoms with E-state index in [9.17, 15) is 52.7 Å². The van der Waals surface area contributed by atoms with Crippen molar-refractivity contribution in [3.63, 3.8) is 0 Å². The van der Waals surface area contributed by atoms with Gasteiger partial charge in [-0.1, -0.05) is 146 Å². The molecule has 2 aliphatic heterocycles. The molecule has 0 aliphatic carbocycles. The molecule has 0 aromatic heterocycles.